The largest absolute Gasteiger partial charge is 0.469 e. The first-order chi connectivity index (χ1) is 8.69. The number of nitrogen functional groups attached to an aromatic ring is 1. The monoisotopic (exact) mass is 246 g/mol. The number of furan rings is 1. The van der Waals surface area contributed by atoms with Crippen LogP contribution in [0.4, 0.5) is 5.82 Å². The van der Waals surface area contributed by atoms with Crippen LogP contribution in [0.5, 0.6) is 0 Å². The van der Waals surface area contributed by atoms with Gasteiger partial charge in [-0.15, -0.1) is 0 Å². The summed E-state index contributed by atoms with van der Waals surface area (Å²) in [7, 11) is 2.07. The fraction of sp³-hybridized carbons (Fsp3) is 0.308. The van der Waals surface area contributed by atoms with E-state index in [1.165, 1.54) is 5.56 Å². The van der Waals surface area contributed by atoms with Crippen LogP contribution in [0.15, 0.2) is 35.1 Å². The molecule has 2 heterocycles. The highest BCUT2D eigenvalue weighted by atomic mass is 16.3. The first-order valence-electron chi connectivity index (χ1n) is 5.82. The summed E-state index contributed by atoms with van der Waals surface area (Å²) in [5.74, 6) is 6.92. The zero-order valence-corrected chi connectivity index (χ0v) is 10.7. The van der Waals surface area contributed by atoms with E-state index in [0.717, 1.165) is 24.4 Å². The number of aromatic nitrogens is 1. The van der Waals surface area contributed by atoms with Gasteiger partial charge >= 0.3 is 0 Å². The second kappa shape index (κ2) is 5.66. The summed E-state index contributed by atoms with van der Waals surface area (Å²) < 4.78 is 5.28. The van der Waals surface area contributed by atoms with Crippen molar-refractivity contribution in [3.63, 3.8) is 0 Å². The number of nitrogens with zero attached hydrogens (tertiary/aromatic N) is 2. The van der Waals surface area contributed by atoms with E-state index in [1.54, 1.807) is 6.26 Å². The van der Waals surface area contributed by atoms with Crippen molar-refractivity contribution >= 4 is 5.82 Å². The van der Waals surface area contributed by atoms with Crippen LogP contribution in [-0.2, 0) is 13.1 Å². The number of hydrogen-bond acceptors (Lipinski definition) is 5. The molecule has 0 saturated heterocycles. The maximum absolute atomic E-state index is 5.28. The zero-order chi connectivity index (χ0) is 13.0. The van der Waals surface area contributed by atoms with Gasteiger partial charge in [0.25, 0.3) is 0 Å². The molecule has 0 spiro atoms. The number of anilines is 1. The van der Waals surface area contributed by atoms with Crippen molar-refractivity contribution in [1.29, 1.82) is 0 Å². The van der Waals surface area contributed by atoms with Crippen molar-refractivity contribution in [3.8, 4) is 0 Å². The Hall–Kier alpha value is -1.85. The van der Waals surface area contributed by atoms with Crippen LogP contribution in [0.1, 0.15) is 16.9 Å². The molecule has 0 amide bonds. The average Bonchev–Trinajstić information content (AvgIpc) is 2.76. The van der Waals surface area contributed by atoms with Gasteiger partial charge < -0.3 is 9.84 Å². The second-order valence-corrected chi connectivity index (χ2v) is 4.37. The molecule has 0 fully saturated rings. The van der Waals surface area contributed by atoms with Crippen molar-refractivity contribution in [3.05, 3.63) is 47.5 Å². The zero-order valence-electron chi connectivity index (χ0n) is 10.7. The second-order valence-electron chi connectivity index (χ2n) is 4.37. The molecule has 2 rings (SSSR count). The lowest BCUT2D eigenvalue weighted by Gasteiger charge is -2.16. The predicted octanol–water partition coefficient (Wildman–Crippen LogP) is 1.90. The highest BCUT2D eigenvalue weighted by Gasteiger charge is 2.06. The number of hydrazine groups is 1. The lowest BCUT2D eigenvalue weighted by atomic mass is 10.2. The van der Waals surface area contributed by atoms with Crippen molar-refractivity contribution < 1.29 is 4.42 Å². The minimum Gasteiger partial charge on any atom is -0.469 e. The summed E-state index contributed by atoms with van der Waals surface area (Å²) in [6, 6.07) is 5.89. The Morgan fingerprint density at radius 3 is 2.72 bits per heavy atom. The Kier molecular flexibility index (Phi) is 3.96. The normalized spacial score (nSPS) is 10.9. The van der Waals surface area contributed by atoms with Crippen molar-refractivity contribution in [2.24, 2.45) is 5.84 Å². The van der Waals surface area contributed by atoms with Gasteiger partial charge in [0.05, 0.1) is 6.26 Å². The molecule has 0 atom stereocenters. The van der Waals surface area contributed by atoms with Crippen LogP contribution >= 0.6 is 0 Å². The number of nitrogens with two attached hydrogens (primary N) is 1. The molecule has 2 aromatic rings. The van der Waals surface area contributed by atoms with E-state index in [1.807, 2.05) is 31.3 Å². The molecular formula is C13H18N4O. The molecule has 0 unspecified atom stereocenters. The van der Waals surface area contributed by atoms with Crippen LogP contribution in [0.25, 0.3) is 0 Å². The van der Waals surface area contributed by atoms with Crippen LogP contribution in [0.2, 0.25) is 0 Å². The first kappa shape index (κ1) is 12.6. The van der Waals surface area contributed by atoms with E-state index in [-0.39, 0.29) is 0 Å². The number of pyridine rings is 1. The molecule has 2 aromatic heterocycles. The third kappa shape index (κ3) is 3.09. The van der Waals surface area contributed by atoms with Gasteiger partial charge in [-0.25, -0.2) is 10.8 Å². The van der Waals surface area contributed by atoms with E-state index in [0.29, 0.717) is 5.82 Å². The van der Waals surface area contributed by atoms with Crippen LogP contribution < -0.4 is 11.3 Å². The first-order valence-corrected chi connectivity index (χ1v) is 5.82. The van der Waals surface area contributed by atoms with Crippen LogP contribution in [-0.4, -0.2) is 16.9 Å². The van der Waals surface area contributed by atoms with Crippen LogP contribution in [0.3, 0.4) is 0 Å². The molecule has 0 saturated carbocycles. The molecule has 5 heteroatoms. The Bertz CT molecular complexity index is 492. The molecule has 5 nitrogen and oxygen atoms in total. The van der Waals surface area contributed by atoms with Gasteiger partial charge in [0, 0.05) is 24.8 Å². The van der Waals surface area contributed by atoms with Gasteiger partial charge in [-0.3, -0.25) is 4.90 Å². The molecule has 18 heavy (non-hydrogen) atoms. The van der Waals surface area contributed by atoms with Gasteiger partial charge in [-0.2, -0.15) is 0 Å². The SMILES string of the molecule is Cc1occc1CN(C)Cc1ccc(NN)nc1. The topological polar surface area (TPSA) is 67.3 Å². The maximum Gasteiger partial charge on any atom is 0.139 e. The van der Waals surface area contributed by atoms with Gasteiger partial charge in [-0.1, -0.05) is 6.07 Å². The quantitative estimate of drug-likeness (QED) is 0.623. The minimum atomic E-state index is 0.673. The van der Waals surface area contributed by atoms with E-state index in [4.69, 9.17) is 10.3 Å². The Morgan fingerprint density at radius 1 is 1.33 bits per heavy atom. The Balaban J connectivity index is 1.94. The van der Waals surface area contributed by atoms with Crippen molar-refractivity contribution in [2.45, 2.75) is 20.0 Å². The molecule has 0 aromatic carbocycles. The molecule has 3 N–H and O–H groups in total. The molecule has 96 valence electrons. The summed E-state index contributed by atoms with van der Waals surface area (Å²) in [5.41, 5.74) is 4.88. The minimum absolute atomic E-state index is 0.673. The number of rotatable bonds is 5. The summed E-state index contributed by atoms with van der Waals surface area (Å²) in [5, 5.41) is 0. The predicted molar refractivity (Wildman–Crippen MR) is 70.7 cm³/mol. The summed E-state index contributed by atoms with van der Waals surface area (Å²) in [6.45, 7) is 3.67. The Labute approximate surface area is 107 Å². The lowest BCUT2D eigenvalue weighted by Crippen LogP contribution is -2.17. The summed E-state index contributed by atoms with van der Waals surface area (Å²) in [4.78, 5) is 6.40. The van der Waals surface area contributed by atoms with E-state index in [9.17, 15) is 0 Å². The lowest BCUT2D eigenvalue weighted by molar-refractivity contribution is 0.316. The van der Waals surface area contributed by atoms with Crippen molar-refractivity contribution in [2.75, 3.05) is 12.5 Å². The standard InChI is InChI=1S/C13H18N4O/c1-10-12(5-6-18-10)9-17(2)8-11-3-4-13(16-14)15-7-11/h3-7H,8-9,14H2,1-2H3,(H,15,16). The number of hydrogen-bond donors (Lipinski definition) is 2. The number of aryl methyl sites for hydroxylation is 1. The highest BCUT2D eigenvalue weighted by Crippen LogP contribution is 2.13. The Morgan fingerprint density at radius 2 is 2.17 bits per heavy atom. The molecule has 0 radical (unpaired) electrons. The molecule has 0 aliphatic rings. The van der Waals surface area contributed by atoms with Crippen molar-refractivity contribution in [1.82, 2.24) is 9.88 Å². The van der Waals surface area contributed by atoms with E-state index < -0.39 is 0 Å². The molecule has 0 bridgehead atoms. The van der Waals surface area contributed by atoms with Gasteiger partial charge in [0.2, 0.25) is 0 Å². The van der Waals surface area contributed by atoms with E-state index in [2.05, 4.69) is 22.4 Å². The third-order valence-electron chi connectivity index (χ3n) is 2.83. The highest BCUT2D eigenvalue weighted by molar-refractivity contribution is 5.33. The van der Waals surface area contributed by atoms with Gasteiger partial charge in [0.1, 0.15) is 11.6 Å². The smallest absolute Gasteiger partial charge is 0.139 e. The molecular weight excluding hydrogens is 228 g/mol. The molecule has 0 aliphatic carbocycles. The summed E-state index contributed by atoms with van der Waals surface area (Å²) in [6.07, 6.45) is 3.55. The average molecular weight is 246 g/mol. The fourth-order valence-corrected chi connectivity index (χ4v) is 1.84. The molecule has 0 aliphatic heterocycles. The summed E-state index contributed by atoms with van der Waals surface area (Å²) >= 11 is 0. The maximum atomic E-state index is 5.28. The fourth-order valence-electron chi connectivity index (χ4n) is 1.84. The van der Waals surface area contributed by atoms with E-state index >= 15 is 0 Å². The van der Waals surface area contributed by atoms with Gasteiger partial charge in [0.15, 0.2) is 0 Å². The third-order valence-corrected chi connectivity index (χ3v) is 2.83. The van der Waals surface area contributed by atoms with Crippen LogP contribution in [0, 0.1) is 6.92 Å². The number of nitrogens with one attached hydrogen (secondary N) is 1. The van der Waals surface area contributed by atoms with Gasteiger partial charge in [-0.05, 0) is 31.7 Å².